The minimum atomic E-state index is -0.0519. The van der Waals surface area contributed by atoms with E-state index in [0.717, 1.165) is 24.3 Å². The summed E-state index contributed by atoms with van der Waals surface area (Å²) in [6, 6.07) is 0. The largest absolute Gasteiger partial charge is 0.465 e. The zero-order valence-corrected chi connectivity index (χ0v) is 9.65. The van der Waals surface area contributed by atoms with Crippen LogP contribution >= 0.6 is 11.8 Å². The van der Waals surface area contributed by atoms with E-state index < -0.39 is 0 Å². The molecular formula is C10H20O2S. The number of rotatable bonds is 7. The van der Waals surface area contributed by atoms with Crippen molar-refractivity contribution < 1.29 is 9.53 Å². The Morgan fingerprint density at radius 3 is 2.69 bits per heavy atom. The first-order chi connectivity index (χ1) is 6.22. The fourth-order valence-electron chi connectivity index (χ4n) is 0.787. The average molecular weight is 204 g/mol. The van der Waals surface area contributed by atoms with Crippen LogP contribution in [-0.4, -0.2) is 24.1 Å². The zero-order valence-electron chi connectivity index (χ0n) is 8.84. The van der Waals surface area contributed by atoms with Gasteiger partial charge in [0.15, 0.2) is 0 Å². The zero-order chi connectivity index (χ0) is 10.1. The lowest BCUT2D eigenvalue weighted by Crippen LogP contribution is -2.14. The molecule has 0 N–H and O–H groups in total. The second kappa shape index (κ2) is 8.42. The monoisotopic (exact) mass is 204 g/mol. The van der Waals surface area contributed by atoms with Gasteiger partial charge in [-0.2, -0.15) is 11.8 Å². The number of esters is 1. The van der Waals surface area contributed by atoms with Gasteiger partial charge in [-0.3, -0.25) is 4.79 Å². The van der Waals surface area contributed by atoms with Crippen molar-refractivity contribution in [3.8, 4) is 0 Å². The van der Waals surface area contributed by atoms with Crippen molar-refractivity contribution in [2.45, 2.75) is 33.6 Å². The maximum absolute atomic E-state index is 11.2. The van der Waals surface area contributed by atoms with Gasteiger partial charge in [-0.1, -0.05) is 20.8 Å². The van der Waals surface area contributed by atoms with Gasteiger partial charge in [0.25, 0.3) is 0 Å². The molecule has 0 heterocycles. The topological polar surface area (TPSA) is 26.3 Å². The molecule has 0 aliphatic heterocycles. The molecule has 13 heavy (non-hydrogen) atoms. The number of thioether (sulfide) groups is 1. The van der Waals surface area contributed by atoms with E-state index in [1.165, 1.54) is 0 Å². The summed E-state index contributed by atoms with van der Waals surface area (Å²) in [5.74, 6) is 2.23. The first-order valence-electron chi connectivity index (χ1n) is 4.96. The standard InChI is InChI=1S/C10H20O2S/c1-4-9(3)10(11)12-7-6-8-13-5-2/h9H,4-8H2,1-3H3. The molecule has 0 aliphatic rings. The molecule has 0 radical (unpaired) electrons. The molecule has 0 saturated carbocycles. The van der Waals surface area contributed by atoms with Crippen LogP contribution in [0.15, 0.2) is 0 Å². The molecule has 0 aromatic carbocycles. The summed E-state index contributed by atoms with van der Waals surface area (Å²) in [5, 5.41) is 0. The predicted octanol–water partition coefficient (Wildman–Crippen LogP) is 2.72. The van der Waals surface area contributed by atoms with E-state index in [2.05, 4.69) is 6.92 Å². The molecule has 0 fully saturated rings. The highest BCUT2D eigenvalue weighted by Crippen LogP contribution is 2.05. The molecule has 1 atom stereocenters. The Labute approximate surface area is 85.4 Å². The Bertz CT molecular complexity index is 137. The van der Waals surface area contributed by atoms with Gasteiger partial charge in [0.05, 0.1) is 12.5 Å². The summed E-state index contributed by atoms with van der Waals surface area (Å²) >= 11 is 1.88. The minimum Gasteiger partial charge on any atom is -0.465 e. The van der Waals surface area contributed by atoms with Crippen LogP contribution in [0.1, 0.15) is 33.6 Å². The van der Waals surface area contributed by atoms with Gasteiger partial charge in [-0.15, -0.1) is 0 Å². The summed E-state index contributed by atoms with van der Waals surface area (Å²) in [6.07, 6.45) is 1.84. The smallest absolute Gasteiger partial charge is 0.308 e. The van der Waals surface area contributed by atoms with E-state index in [-0.39, 0.29) is 11.9 Å². The van der Waals surface area contributed by atoms with Crippen LogP contribution in [0.25, 0.3) is 0 Å². The molecule has 0 bridgehead atoms. The third kappa shape index (κ3) is 6.94. The van der Waals surface area contributed by atoms with Crippen LogP contribution in [-0.2, 0) is 9.53 Å². The average Bonchev–Trinajstić information content (AvgIpc) is 2.16. The molecule has 0 saturated heterocycles. The van der Waals surface area contributed by atoms with E-state index in [4.69, 9.17) is 4.74 Å². The lowest BCUT2D eigenvalue weighted by atomic mass is 10.1. The lowest BCUT2D eigenvalue weighted by Gasteiger charge is -2.08. The number of carbonyl (C=O) groups excluding carboxylic acids is 1. The molecule has 0 amide bonds. The first kappa shape index (κ1) is 12.8. The van der Waals surface area contributed by atoms with Crippen LogP contribution in [0.3, 0.4) is 0 Å². The third-order valence-corrected chi connectivity index (χ3v) is 2.88. The molecule has 0 aromatic heterocycles. The van der Waals surface area contributed by atoms with E-state index in [1.807, 2.05) is 25.6 Å². The second-order valence-electron chi connectivity index (χ2n) is 3.03. The normalized spacial score (nSPS) is 12.5. The van der Waals surface area contributed by atoms with Gasteiger partial charge in [0.1, 0.15) is 0 Å². The quantitative estimate of drug-likeness (QED) is 0.471. The summed E-state index contributed by atoms with van der Waals surface area (Å²) in [5.41, 5.74) is 0. The summed E-state index contributed by atoms with van der Waals surface area (Å²) in [4.78, 5) is 11.2. The number of ether oxygens (including phenoxy) is 1. The van der Waals surface area contributed by atoms with E-state index in [0.29, 0.717) is 6.61 Å². The summed E-state index contributed by atoms with van der Waals surface area (Å²) in [7, 11) is 0. The molecule has 1 unspecified atom stereocenters. The SMILES string of the molecule is CCSCCCOC(=O)C(C)CC. The fourth-order valence-corrected chi connectivity index (χ4v) is 1.40. The van der Waals surface area contributed by atoms with Gasteiger partial charge >= 0.3 is 5.97 Å². The van der Waals surface area contributed by atoms with Crippen molar-refractivity contribution in [1.29, 1.82) is 0 Å². The van der Waals surface area contributed by atoms with Crippen molar-refractivity contribution in [1.82, 2.24) is 0 Å². The highest BCUT2D eigenvalue weighted by molar-refractivity contribution is 7.99. The van der Waals surface area contributed by atoms with Crippen LogP contribution < -0.4 is 0 Å². The molecule has 3 heteroatoms. The van der Waals surface area contributed by atoms with Gasteiger partial charge in [0.2, 0.25) is 0 Å². The van der Waals surface area contributed by atoms with Crippen molar-refractivity contribution in [2.75, 3.05) is 18.1 Å². The summed E-state index contributed by atoms with van der Waals surface area (Å²) in [6.45, 7) is 6.62. The van der Waals surface area contributed by atoms with Gasteiger partial charge in [0, 0.05) is 0 Å². The van der Waals surface area contributed by atoms with Crippen molar-refractivity contribution >= 4 is 17.7 Å². The molecule has 0 aliphatic carbocycles. The van der Waals surface area contributed by atoms with Crippen LogP contribution in [0.4, 0.5) is 0 Å². The number of hydrogen-bond donors (Lipinski definition) is 0. The van der Waals surface area contributed by atoms with E-state index in [1.54, 1.807) is 0 Å². The van der Waals surface area contributed by atoms with Crippen molar-refractivity contribution in [3.05, 3.63) is 0 Å². The highest BCUT2D eigenvalue weighted by atomic mass is 32.2. The third-order valence-electron chi connectivity index (χ3n) is 1.90. The van der Waals surface area contributed by atoms with Crippen LogP contribution in [0.5, 0.6) is 0 Å². The Kier molecular flexibility index (Phi) is 8.30. The molecule has 78 valence electrons. The lowest BCUT2D eigenvalue weighted by molar-refractivity contribution is -0.147. The Balaban J connectivity index is 3.27. The van der Waals surface area contributed by atoms with Crippen LogP contribution in [0.2, 0.25) is 0 Å². The molecule has 2 nitrogen and oxygen atoms in total. The highest BCUT2D eigenvalue weighted by Gasteiger charge is 2.10. The van der Waals surface area contributed by atoms with Crippen molar-refractivity contribution in [3.63, 3.8) is 0 Å². The maximum Gasteiger partial charge on any atom is 0.308 e. The summed E-state index contributed by atoms with van der Waals surface area (Å²) < 4.78 is 5.09. The Morgan fingerprint density at radius 2 is 2.15 bits per heavy atom. The second-order valence-corrected chi connectivity index (χ2v) is 4.42. The predicted molar refractivity (Wildman–Crippen MR) is 58.0 cm³/mol. The fraction of sp³-hybridized carbons (Fsp3) is 0.900. The molecule has 0 rings (SSSR count). The minimum absolute atomic E-state index is 0.0519. The van der Waals surface area contributed by atoms with E-state index >= 15 is 0 Å². The van der Waals surface area contributed by atoms with Gasteiger partial charge in [-0.25, -0.2) is 0 Å². The Morgan fingerprint density at radius 1 is 1.46 bits per heavy atom. The molecule has 0 spiro atoms. The Hall–Kier alpha value is -0.180. The van der Waals surface area contributed by atoms with Crippen LogP contribution in [0, 0.1) is 5.92 Å². The van der Waals surface area contributed by atoms with Gasteiger partial charge in [-0.05, 0) is 24.3 Å². The van der Waals surface area contributed by atoms with Crippen molar-refractivity contribution in [2.24, 2.45) is 5.92 Å². The molecule has 0 aromatic rings. The van der Waals surface area contributed by atoms with Gasteiger partial charge < -0.3 is 4.74 Å². The number of carbonyl (C=O) groups is 1. The number of hydrogen-bond acceptors (Lipinski definition) is 3. The first-order valence-corrected chi connectivity index (χ1v) is 6.12. The van der Waals surface area contributed by atoms with E-state index in [9.17, 15) is 4.79 Å². The maximum atomic E-state index is 11.2. The molecular weight excluding hydrogens is 184 g/mol.